The predicted molar refractivity (Wildman–Crippen MR) is 66.6 cm³/mol. The highest BCUT2D eigenvalue weighted by molar-refractivity contribution is 4.89. The van der Waals surface area contributed by atoms with Gasteiger partial charge in [0.2, 0.25) is 0 Å². The lowest BCUT2D eigenvalue weighted by molar-refractivity contribution is 0.0892. The molecule has 0 saturated carbocycles. The van der Waals surface area contributed by atoms with Crippen molar-refractivity contribution in [2.24, 2.45) is 11.8 Å². The van der Waals surface area contributed by atoms with Crippen LogP contribution in [-0.2, 0) is 0 Å². The molecule has 1 N–H and O–H groups in total. The number of hydrogen-bond donors (Lipinski definition) is 1. The first-order valence-corrected chi connectivity index (χ1v) is 7.00. The Balaban J connectivity index is 1.52. The molecule has 3 rings (SSSR count). The standard InChI is InChI=1S/C13H25N3/c1-11-7-14-8-12(11)9-15-5-6-16-4-2-3-13(16)10-15/h11-14H,2-10H2,1H3. The fourth-order valence-electron chi connectivity index (χ4n) is 3.66. The zero-order chi connectivity index (χ0) is 11.0. The summed E-state index contributed by atoms with van der Waals surface area (Å²) in [6.45, 7) is 11.5. The largest absolute Gasteiger partial charge is 0.316 e. The molecule has 3 nitrogen and oxygen atoms in total. The molecule has 0 aromatic carbocycles. The zero-order valence-electron chi connectivity index (χ0n) is 10.5. The SMILES string of the molecule is CC1CNCC1CN1CCN2CCCC2C1. The fourth-order valence-corrected chi connectivity index (χ4v) is 3.66. The summed E-state index contributed by atoms with van der Waals surface area (Å²) in [5.41, 5.74) is 0. The van der Waals surface area contributed by atoms with Gasteiger partial charge in [0.1, 0.15) is 0 Å². The molecule has 0 radical (unpaired) electrons. The Bertz CT molecular complexity index is 243. The maximum absolute atomic E-state index is 3.52. The highest BCUT2D eigenvalue weighted by atomic mass is 15.3. The molecule has 3 fully saturated rings. The van der Waals surface area contributed by atoms with Gasteiger partial charge in [0.15, 0.2) is 0 Å². The first kappa shape index (κ1) is 11.0. The van der Waals surface area contributed by atoms with Gasteiger partial charge in [-0.25, -0.2) is 0 Å². The average molecular weight is 223 g/mol. The van der Waals surface area contributed by atoms with Crippen LogP contribution in [0.4, 0.5) is 0 Å². The van der Waals surface area contributed by atoms with Crippen LogP contribution in [0.1, 0.15) is 19.8 Å². The highest BCUT2D eigenvalue weighted by Gasteiger charge is 2.32. The Hall–Kier alpha value is -0.120. The summed E-state index contributed by atoms with van der Waals surface area (Å²) in [4.78, 5) is 5.42. The summed E-state index contributed by atoms with van der Waals surface area (Å²) in [5, 5.41) is 3.52. The van der Waals surface area contributed by atoms with Gasteiger partial charge in [0.05, 0.1) is 0 Å². The zero-order valence-corrected chi connectivity index (χ0v) is 10.5. The Morgan fingerprint density at radius 3 is 2.94 bits per heavy atom. The minimum Gasteiger partial charge on any atom is -0.316 e. The number of nitrogens with one attached hydrogen (secondary N) is 1. The fraction of sp³-hybridized carbons (Fsp3) is 1.00. The van der Waals surface area contributed by atoms with Crippen LogP contribution in [0.25, 0.3) is 0 Å². The van der Waals surface area contributed by atoms with E-state index in [0.29, 0.717) is 0 Å². The monoisotopic (exact) mass is 223 g/mol. The number of nitrogens with zero attached hydrogens (tertiary/aromatic N) is 2. The van der Waals surface area contributed by atoms with Crippen molar-refractivity contribution >= 4 is 0 Å². The summed E-state index contributed by atoms with van der Waals surface area (Å²) in [7, 11) is 0. The Labute approximate surface area is 99.2 Å². The second-order valence-electron chi connectivity index (χ2n) is 5.99. The van der Waals surface area contributed by atoms with Gasteiger partial charge in [-0.2, -0.15) is 0 Å². The van der Waals surface area contributed by atoms with Crippen molar-refractivity contribution in [1.82, 2.24) is 15.1 Å². The lowest BCUT2D eigenvalue weighted by Gasteiger charge is -2.39. The van der Waals surface area contributed by atoms with Gasteiger partial charge in [-0.05, 0) is 44.3 Å². The molecule has 3 aliphatic rings. The van der Waals surface area contributed by atoms with Crippen LogP contribution in [0.15, 0.2) is 0 Å². The summed E-state index contributed by atoms with van der Waals surface area (Å²) in [5.74, 6) is 1.77. The molecular weight excluding hydrogens is 198 g/mol. The molecular formula is C13H25N3. The van der Waals surface area contributed by atoms with Gasteiger partial charge in [-0.15, -0.1) is 0 Å². The molecule has 3 saturated heterocycles. The van der Waals surface area contributed by atoms with Crippen LogP contribution in [0.2, 0.25) is 0 Å². The lowest BCUT2D eigenvalue weighted by atomic mass is 9.97. The molecule has 0 bridgehead atoms. The van der Waals surface area contributed by atoms with Crippen molar-refractivity contribution in [3.63, 3.8) is 0 Å². The van der Waals surface area contributed by atoms with Gasteiger partial charge in [0, 0.05) is 32.2 Å². The van der Waals surface area contributed by atoms with Gasteiger partial charge < -0.3 is 10.2 Å². The number of rotatable bonds is 2. The molecule has 0 spiro atoms. The lowest BCUT2D eigenvalue weighted by Crippen LogP contribution is -2.51. The quantitative estimate of drug-likeness (QED) is 0.740. The van der Waals surface area contributed by atoms with Crippen LogP contribution < -0.4 is 5.32 Å². The van der Waals surface area contributed by atoms with Crippen LogP contribution in [-0.4, -0.2) is 61.7 Å². The maximum atomic E-state index is 3.52. The van der Waals surface area contributed by atoms with Crippen LogP contribution in [0.5, 0.6) is 0 Å². The first-order valence-electron chi connectivity index (χ1n) is 7.00. The van der Waals surface area contributed by atoms with Gasteiger partial charge >= 0.3 is 0 Å². The molecule has 3 aliphatic heterocycles. The molecule has 3 atom stereocenters. The van der Waals surface area contributed by atoms with Gasteiger partial charge in [-0.1, -0.05) is 6.92 Å². The molecule has 0 aromatic rings. The van der Waals surface area contributed by atoms with Crippen molar-refractivity contribution in [3.05, 3.63) is 0 Å². The number of piperazine rings is 1. The van der Waals surface area contributed by atoms with E-state index in [2.05, 4.69) is 22.0 Å². The molecule has 0 aliphatic carbocycles. The third-order valence-electron chi connectivity index (χ3n) is 4.84. The van der Waals surface area contributed by atoms with E-state index < -0.39 is 0 Å². The first-order chi connectivity index (χ1) is 7.83. The molecule has 0 amide bonds. The summed E-state index contributed by atoms with van der Waals surface area (Å²) in [6, 6.07) is 0.887. The third kappa shape index (κ3) is 2.13. The minimum absolute atomic E-state index is 0.876. The molecule has 3 unspecified atom stereocenters. The Morgan fingerprint density at radius 2 is 2.12 bits per heavy atom. The van der Waals surface area contributed by atoms with Crippen molar-refractivity contribution in [1.29, 1.82) is 0 Å². The molecule has 92 valence electrons. The topological polar surface area (TPSA) is 18.5 Å². The smallest absolute Gasteiger partial charge is 0.0224 e. The molecule has 0 aromatic heterocycles. The van der Waals surface area contributed by atoms with Crippen LogP contribution in [0, 0.1) is 11.8 Å². The van der Waals surface area contributed by atoms with Gasteiger partial charge in [-0.3, -0.25) is 4.90 Å². The van der Waals surface area contributed by atoms with Crippen molar-refractivity contribution in [2.75, 3.05) is 45.8 Å². The van der Waals surface area contributed by atoms with Crippen molar-refractivity contribution < 1.29 is 0 Å². The minimum atomic E-state index is 0.876. The second kappa shape index (κ2) is 4.63. The molecule has 3 heterocycles. The summed E-state index contributed by atoms with van der Waals surface area (Å²) >= 11 is 0. The summed E-state index contributed by atoms with van der Waals surface area (Å²) < 4.78 is 0. The van der Waals surface area contributed by atoms with E-state index in [-0.39, 0.29) is 0 Å². The van der Waals surface area contributed by atoms with Crippen molar-refractivity contribution in [2.45, 2.75) is 25.8 Å². The highest BCUT2D eigenvalue weighted by Crippen LogP contribution is 2.24. The van der Waals surface area contributed by atoms with E-state index in [4.69, 9.17) is 0 Å². The van der Waals surface area contributed by atoms with E-state index in [0.717, 1.165) is 17.9 Å². The van der Waals surface area contributed by atoms with Crippen LogP contribution in [0.3, 0.4) is 0 Å². The van der Waals surface area contributed by atoms with Crippen molar-refractivity contribution in [3.8, 4) is 0 Å². The molecule has 16 heavy (non-hydrogen) atoms. The van der Waals surface area contributed by atoms with Gasteiger partial charge in [0.25, 0.3) is 0 Å². The summed E-state index contributed by atoms with van der Waals surface area (Å²) in [6.07, 6.45) is 2.87. The Morgan fingerprint density at radius 1 is 1.19 bits per heavy atom. The van der Waals surface area contributed by atoms with E-state index in [9.17, 15) is 0 Å². The predicted octanol–water partition coefficient (Wildman–Crippen LogP) is 0.622. The van der Waals surface area contributed by atoms with E-state index in [1.807, 2.05) is 0 Å². The van der Waals surface area contributed by atoms with E-state index >= 15 is 0 Å². The molecule has 3 heteroatoms. The maximum Gasteiger partial charge on any atom is 0.0224 e. The average Bonchev–Trinajstić information content (AvgIpc) is 2.88. The van der Waals surface area contributed by atoms with Crippen LogP contribution >= 0.6 is 0 Å². The Kier molecular flexibility index (Phi) is 3.18. The van der Waals surface area contributed by atoms with E-state index in [1.165, 1.54) is 58.7 Å². The van der Waals surface area contributed by atoms with E-state index in [1.54, 1.807) is 0 Å². The number of hydrogen-bond acceptors (Lipinski definition) is 3. The normalized spacial score (nSPS) is 41.4. The third-order valence-corrected chi connectivity index (χ3v) is 4.84. The second-order valence-corrected chi connectivity index (χ2v) is 5.99. The number of fused-ring (bicyclic) bond motifs is 1.